The lowest BCUT2D eigenvalue weighted by Gasteiger charge is -2.14. The van der Waals surface area contributed by atoms with E-state index in [2.05, 4.69) is 43.9 Å². The summed E-state index contributed by atoms with van der Waals surface area (Å²) in [6, 6.07) is 10.2. The van der Waals surface area contributed by atoms with Gasteiger partial charge in [0.15, 0.2) is 11.5 Å². The number of benzene rings is 2. The van der Waals surface area contributed by atoms with Gasteiger partial charge >= 0.3 is 0 Å². The minimum absolute atomic E-state index is 0.192. The fourth-order valence-electron chi connectivity index (χ4n) is 2.42. The highest BCUT2D eigenvalue weighted by Gasteiger charge is 2.10. The molecule has 0 amide bonds. The van der Waals surface area contributed by atoms with E-state index in [0.29, 0.717) is 18.7 Å². The second-order valence-corrected chi connectivity index (χ2v) is 5.47. The van der Waals surface area contributed by atoms with Crippen LogP contribution in [0.15, 0.2) is 43.0 Å². The number of hydrogen-bond acceptors (Lipinski definition) is 3. The molecule has 0 aliphatic carbocycles. The molecule has 0 atom stereocenters. The number of allylic oxidation sites excluding steroid dienone is 1. The molecule has 116 valence electrons. The van der Waals surface area contributed by atoms with E-state index >= 15 is 0 Å². The van der Waals surface area contributed by atoms with Gasteiger partial charge in [-0.05, 0) is 55.2 Å². The van der Waals surface area contributed by atoms with Crippen LogP contribution in [0.25, 0.3) is 0 Å². The maximum absolute atomic E-state index is 10.1. The quantitative estimate of drug-likeness (QED) is 0.778. The molecule has 3 nitrogen and oxygen atoms in total. The van der Waals surface area contributed by atoms with E-state index < -0.39 is 0 Å². The zero-order chi connectivity index (χ0) is 16.1. The topological polar surface area (TPSA) is 41.5 Å². The minimum atomic E-state index is 0.192. The van der Waals surface area contributed by atoms with Gasteiger partial charge in [0.05, 0.1) is 7.11 Å². The van der Waals surface area contributed by atoms with Crippen LogP contribution in [0.3, 0.4) is 0 Å². The van der Waals surface area contributed by atoms with Crippen LogP contribution in [0.5, 0.6) is 11.5 Å². The van der Waals surface area contributed by atoms with Crippen LogP contribution < -0.4 is 10.1 Å². The maximum Gasteiger partial charge on any atom is 0.161 e. The molecular weight excluding hydrogens is 274 g/mol. The number of aromatic hydroxyl groups is 1. The number of rotatable bonds is 6. The van der Waals surface area contributed by atoms with Crippen molar-refractivity contribution in [2.45, 2.75) is 26.8 Å². The summed E-state index contributed by atoms with van der Waals surface area (Å²) in [5.74, 6) is 0.690. The molecular formula is C19H23NO2. The van der Waals surface area contributed by atoms with E-state index in [4.69, 9.17) is 4.74 Å². The SMILES string of the molecule is C=CCc1cc(CNc2cc(C)ccc2C)cc(OC)c1O. The fourth-order valence-corrected chi connectivity index (χ4v) is 2.42. The number of phenolic OH excluding ortho intramolecular Hbond substituents is 1. The lowest BCUT2D eigenvalue weighted by Crippen LogP contribution is -2.03. The summed E-state index contributed by atoms with van der Waals surface area (Å²) < 4.78 is 5.26. The van der Waals surface area contributed by atoms with Gasteiger partial charge in [-0.2, -0.15) is 0 Å². The molecule has 0 saturated heterocycles. The van der Waals surface area contributed by atoms with Crippen LogP contribution in [0.2, 0.25) is 0 Å². The molecule has 2 rings (SSSR count). The van der Waals surface area contributed by atoms with E-state index in [1.165, 1.54) is 11.1 Å². The van der Waals surface area contributed by atoms with E-state index in [1.54, 1.807) is 13.2 Å². The summed E-state index contributed by atoms with van der Waals surface area (Å²) in [6.07, 6.45) is 2.38. The molecule has 0 spiro atoms. The molecule has 22 heavy (non-hydrogen) atoms. The first-order chi connectivity index (χ1) is 10.5. The number of phenols is 1. The molecule has 0 bridgehead atoms. The number of ether oxygens (including phenoxy) is 1. The van der Waals surface area contributed by atoms with Gasteiger partial charge in [-0.3, -0.25) is 0 Å². The smallest absolute Gasteiger partial charge is 0.161 e. The van der Waals surface area contributed by atoms with E-state index in [1.807, 2.05) is 12.1 Å². The highest BCUT2D eigenvalue weighted by Crippen LogP contribution is 2.32. The summed E-state index contributed by atoms with van der Waals surface area (Å²) in [5, 5.41) is 13.6. The van der Waals surface area contributed by atoms with Crippen LogP contribution >= 0.6 is 0 Å². The highest BCUT2D eigenvalue weighted by molar-refractivity contribution is 5.54. The molecule has 0 radical (unpaired) electrons. The van der Waals surface area contributed by atoms with Gasteiger partial charge < -0.3 is 15.2 Å². The van der Waals surface area contributed by atoms with Crippen molar-refractivity contribution < 1.29 is 9.84 Å². The third kappa shape index (κ3) is 3.61. The lowest BCUT2D eigenvalue weighted by atomic mass is 10.0. The molecule has 2 aromatic rings. The van der Waals surface area contributed by atoms with Gasteiger partial charge in [0.2, 0.25) is 0 Å². The number of aryl methyl sites for hydroxylation is 2. The van der Waals surface area contributed by atoms with Crippen LogP contribution in [-0.2, 0) is 13.0 Å². The maximum atomic E-state index is 10.1. The average molecular weight is 297 g/mol. The average Bonchev–Trinajstić information content (AvgIpc) is 2.51. The Morgan fingerprint density at radius 2 is 2.00 bits per heavy atom. The molecule has 0 unspecified atom stereocenters. The van der Waals surface area contributed by atoms with Crippen molar-refractivity contribution in [3.8, 4) is 11.5 Å². The van der Waals surface area contributed by atoms with Gasteiger partial charge in [-0.1, -0.05) is 18.2 Å². The van der Waals surface area contributed by atoms with Crippen molar-refractivity contribution in [3.05, 3.63) is 65.2 Å². The van der Waals surface area contributed by atoms with Gasteiger partial charge in [-0.15, -0.1) is 6.58 Å². The van der Waals surface area contributed by atoms with Crippen molar-refractivity contribution in [2.75, 3.05) is 12.4 Å². The first-order valence-corrected chi connectivity index (χ1v) is 7.36. The normalized spacial score (nSPS) is 10.3. The molecule has 0 aromatic heterocycles. The number of hydrogen-bond donors (Lipinski definition) is 2. The molecule has 0 heterocycles. The third-order valence-corrected chi connectivity index (χ3v) is 3.67. The van der Waals surface area contributed by atoms with E-state index in [9.17, 15) is 5.11 Å². The predicted octanol–water partition coefficient (Wildman–Crippen LogP) is 4.36. The molecule has 2 N–H and O–H groups in total. The summed E-state index contributed by atoms with van der Waals surface area (Å²) in [7, 11) is 1.56. The Morgan fingerprint density at radius 3 is 2.68 bits per heavy atom. The Labute approximate surface area is 132 Å². The van der Waals surface area contributed by atoms with E-state index in [0.717, 1.165) is 16.8 Å². The Balaban J connectivity index is 2.23. The monoisotopic (exact) mass is 297 g/mol. The zero-order valence-electron chi connectivity index (χ0n) is 13.4. The van der Waals surface area contributed by atoms with Crippen molar-refractivity contribution in [1.82, 2.24) is 0 Å². The van der Waals surface area contributed by atoms with Crippen molar-refractivity contribution in [1.29, 1.82) is 0 Å². The Hall–Kier alpha value is -2.42. The minimum Gasteiger partial charge on any atom is -0.504 e. The first-order valence-electron chi connectivity index (χ1n) is 7.36. The molecule has 0 saturated carbocycles. The summed E-state index contributed by atoms with van der Waals surface area (Å²) in [5.41, 5.74) is 5.45. The second-order valence-electron chi connectivity index (χ2n) is 5.47. The van der Waals surface area contributed by atoms with Crippen molar-refractivity contribution in [3.63, 3.8) is 0 Å². The predicted molar refractivity (Wildman–Crippen MR) is 91.8 cm³/mol. The van der Waals surface area contributed by atoms with Gasteiger partial charge in [0.1, 0.15) is 0 Å². The largest absolute Gasteiger partial charge is 0.504 e. The molecule has 0 fully saturated rings. The van der Waals surface area contributed by atoms with Crippen LogP contribution in [0, 0.1) is 13.8 Å². The standard InChI is InChI=1S/C19H23NO2/c1-5-6-16-10-15(11-18(22-4)19(16)21)12-20-17-9-13(2)7-8-14(17)3/h5,7-11,20-21H,1,6,12H2,2-4H3. The number of nitrogens with one attached hydrogen (secondary N) is 1. The summed E-state index contributed by atoms with van der Waals surface area (Å²) in [6.45, 7) is 8.57. The molecule has 2 aromatic carbocycles. The molecule has 3 heteroatoms. The lowest BCUT2D eigenvalue weighted by molar-refractivity contribution is 0.370. The van der Waals surface area contributed by atoms with Crippen molar-refractivity contribution >= 4 is 5.69 Å². The van der Waals surface area contributed by atoms with Gasteiger partial charge in [0, 0.05) is 17.8 Å². The fraction of sp³-hybridized carbons (Fsp3) is 0.263. The third-order valence-electron chi connectivity index (χ3n) is 3.67. The Bertz CT molecular complexity index is 677. The van der Waals surface area contributed by atoms with Gasteiger partial charge in [0.25, 0.3) is 0 Å². The number of methoxy groups -OCH3 is 1. The van der Waals surface area contributed by atoms with Crippen LogP contribution in [0.1, 0.15) is 22.3 Å². The Kier molecular flexibility index (Phi) is 5.10. The zero-order valence-corrected chi connectivity index (χ0v) is 13.4. The molecule has 0 aliphatic rings. The number of anilines is 1. The Morgan fingerprint density at radius 1 is 1.23 bits per heavy atom. The summed E-state index contributed by atoms with van der Waals surface area (Å²) >= 11 is 0. The molecule has 0 aliphatic heterocycles. The summed E-state index contributed by atoms with van der Waals surface area (Å²) in [4.78, 5) is 0. The van der Waals surface area contributed by atoms with Crippen LogP contribution in [0.4, 0.5) is 5.69 Å². The first kappa shape index (κ1) is 16.0. The highest BCUT2D eigenvalue weighted by atomic mass is 16.5. The van der Waals surface area contributed by atoms with E-state index in [-0.39, 0.29) is 5.75 Å². The van der Waals surface area contributed by atoms with Gasteiger partial charge in [-0.25, -0.2) is 0 Å². The van der Waals surface area contributed by atoms with Crippen molar-refractivity contribution in [2.24, 2.45) is 0 Å². The van der Waals surface area contributed by atoms with Crippen LogP contribution in [-0.4, -0.2) is 12.2 Å². The second kappa shape index (κ2) is 7.03.